The quantitative estimate of drug-likeness (QED) is 0.389. The predicted molar refractivity (Wildman–Crippen MR) is 122 cm³/mol. The summed E-state index contributed by atoms with van der Waals surface area (Å²) in [7, 11) is 1.83. The van der Waals surface area contributed by atoms with E-state index >= 15 is 0 Å². The highest BCUT2D eigenvalue weighted by atomic mass is 32.2. The number of hydrogen-bond acceptors (Lipinski definition) is 5. The molecule has 0 saturated carbocycles. The molecule has 0 atom stereocenters. The maximum Gasteiger partial charge on any atom is 0.233 e. The third-order valence-corrected chi connectivity index (χ3v) is 5.96. The Hall–Kier alpha value is -3.32. The van der Waals surface area contributed by atoms with Crippen LogP contribution in [0.2, 0.25) is 0 Å². The minimum Gasteiger partial charge on any atom is -0.461 e. The highest BCUT2D eigenvalue weighted by Crippen LogP contribution is 2.28. The van der Waals surface area contributed by atoms with Crippen LogP contribution in [0.5, 0.6) is 0 Å². The molecule has 4 rings (SSSR count). The Balaban J connectivity index is 1.51. The number of thioether (sulfide) groups is 1. The van der Waals surface area contributed by atoms with Crippen LogP contribution in [-0.2, 0) is 11.3 Å². The van der Waals surface area contributed by atoms with Crippen molar-refractivity contribution < 1.29 is 9.21 Å². The van der Waals surface area contributed by atoms with E-state index in [1.807, 2.05) is 54.1 Å². The minimum atomic E-state index is 0.0344. The van der Waals surface area contributed by atoms with Gasteiger partial charge in [0.25, 0.3) is 0 Å². The topological polar surface area (TPSA) is 64.2 Å². The lowest BCUT2D eigenvalue weighted by molar-refractivity contribution is -0.127. The maximum absolute atomic E-state index is 12.8. The first kappa shape index (κ1) is 20.9. The van der Waals surface area contributed by atoms with Crippen molar-refractivity contribution >= 4 is 17.7 Å². The second kappa shape index (κ2) is 9.22. The third-order valence-electron chi connectivity index (χ3n) is 5.05. The van der Waals surface area contributed by atoms with Gasteiger partial charge in [-0.2, -0.15) is 0 Å². The molecular weight excluding hydrogens is 408 g/mol. The highest BCUT2D eigenvalue weighted by Gasteiger charge is 2.20. The largest absolute Gasteiger partial charge is 0.461 e. The van der Waals surface area contributed by atoms with Crippen LogP contribution in [-0.4, -0.2) is 38.4 Å². The fourth-order valence-electron chi connectivity index (χ4n) is 3.34. The summed E-state index contributed by atoms with van der Waals surface area (Å²) in [5, 5.41) is 9.30. The lowest BCUT2D eigenvalue weighted by atomic mass is 10.1. The van der Waals surface area contributed by atoms with Crippen molar-refractivity contribution in [1.29, 1.82) is 0 Å². The van der Waals surface area contributed by atoms with E-state index < -0.39 is 0 Å². The molecule has 6 nitrogen and oxygen atoms in total. The van der Waals surface area contributed by atoms with Gasteiger partial charge in [0.2, 0.25) is 11.7 Å². The van der Waals surface area contributed by atoms with Crippen molar-refractivity contribution in [3.8, 4) is 17.3 Å². The number of amides is 1. The number of furan rings is 1. The van der Waals surface area contributed by atoms with Gasteiger partial charge in [0.15, 0.2) is 10.9 Å². The van der Waals surface area contributed by atoms with Gasteiger partial charge in [0, 0.05) is 19.3 Å². The van der Waals surface area contributed by atoms with Gasteiger partial charge in [-0.25, -0.2) is 0 Å². The number of para-hydroxylation sites is 1. The van der Waals surface area contributed by atoms with Crippen molar-refractivity contribution in [3.63, 3.8) is 0 Å². The summed E-state index contributed by atoms with van der Waals surface area (Å²) < 4.78 is 7.45. The van der Waals surface area contributed by atoms with Gasteiger partial charge in [0.05, 0.1) is 12.0 Å². The van der Waals surface area contributed by atoms with Crippen LogP contribution in [0.1, 0.15) is 16.7 Å². The van der Waals surface area contributed by atoms with E-state index in [-0.39, 0.29) is 11.7 Å². The highest BCUT2D eigenvalue weighted by molar-refractivity contribution is 7.99. The van der Waals surface area contributed by atoms with Crippen LogP contribution in [0.3, 0.4) is 0 Å². The molecule has 4 aromatic rings. The number of nitrogens with zero attached hydrogens (tertiary/aromatic N) is 4. The predicted octanol–water partition coefficient (Wildman–Crippen LogP) is 4.89. The van der Waals surface area contributed by atoms with Crippen molar-refractivity contribution in [2.75, 3.05) is 12.8 Å². The van der Waals surface area contributed by atoms with Gasteiger partial charge >= 0.3 is 0 Å². The van der Waals surface area contributed by atoms with Crippen LogP contribution >= 0.6 is 11.8 Å². The van der Waals surface area contributed by atoms with E-state index in [1.54, 1.807) is 11.2 Å². The molecule has 2 aromatic carbocycles. The van der Waals surface area contributed by atoms with Gasteiger partial charge in [-0.3, -0.25) is 9.36 Å². The number of carbonyl (C=O) groups is 1. The lowest BCUT2D eigenvalue weighted by Crippen LogP contribution is -2.28. The molecule has 2 aromatic heterocycles. The monoisotopic (exact) mass is 432 g/mol. The SMILES string of the molecule is Cc1ccc(CN(C)C(=O)CSc2nnc(-c3ccco3)n2-c2ccccc2)c(C)c1. The van der Waals surface area contributed by atoms with E-state index in [9.17, 15) is 4.79 Å². The van der Waals surface area contributed by atoms with Gasteiger partial charge in [-0.15, -0.1) is 10.2 Å². The average Bonchev–Trinajstić information content (AvgIpc) is 3.44. The Bertz CT molecular complexity index is 1170. The summed E-state index contributed by atoms with van der Waals surface area (Å²) in [5.41, 5.74) is 4.48. The number of rotatable bonds is 7. The molecule has 0 bridgehead atoms. The van der Waals surface area contributed by atoms with Gasteiger partial charge in [-0.05, 0) is 49.2 Å². The van der Waals surface area contributed by atoms with Crippen LogP contribution < -0.4 is 0 Å². The van der Waals surface area contributed by atoms with Gasteiger partial charge < -0.3 is 9.32 Å². The van der Waals surface area contributed by atoms with E-state index in [0.717, 1.165) is 11.3 Å². The van der Waals surface area contributed by atoms with Crippen LogP contribution in [0.15, 0.2) is 76.5 Å². The molecular formula is C24H24N4O2S. The van der Waals surface area contributed by atoms with Crippen molar-refractivity contribution in [1.82, 2.24) is 19.7 Å². The zero-order valence-electron chi connectivity index (χ0n) is 17.8. The molecule has 1 amide bonds. The molecule has 0 unspecified atom stereocenters. The van der Waals surface area contributed by atoms with Crippen LogP contribution in [0, 0.1) is 13.8 Å². The molecule has 0 aliphatic heterocycles. The maximum atomic E-state index is 12.8. The number of hydrogen-bond donors (Lipinski definition) is 0. The Morgan fingerprint density at radius 1 is 1.06 bits per heavy atom. The Kier molecular flexibility index (Phi) is 6.23. The molecule has 7 heteroatoms. The fourth-order valence-corrected chi connectivity index (χ4v) is 4.23. The molecule has 0 fully saturated rings. The van der Waals surface area contributed by atoms with Crippen molar-refractivity contribution in [2.45, 2.75) is 25.5 Å². The summed E-state index contributed by atoms with van der Waals surface area (Å²) in [5.74, 6) is 1.54. The first-order chi connectivity index (χ1) is 15.0. The Morgan fingerprint density at radius 2 is 1.87 bits per heavy atom. The summed E-state index contributed by atoms with van der Waals surface area (Å²) in [6, 6.07) is 19.8. The number of carbonyl (C=O) groups excluding carboxylic acids is 1. The van der Waals surface area contributed by atoms with Gasteiger partial charge in [-0.1, -0.05) is 53.7 Å². The Morgan fingerprint density at radius 3 is 2.58 bits per heavy atom. The number of aryl methyl sites for hydroxylation is 2. The Labute approximate surface area is 185 Å². The van der Waals surface area contributed by atoms with Crippen LogP contribution in [0.25, 0.3) is 17.3 Å². The third kappa shape index (κ3) is 4.72. The van der Waals surface area contributed by atoms with Crippen molar-refractivity contribution in [3.05, 3.63) is 83.6 Å². The zero-order chi connectivity index (χ0) is 21.8. The lowest BCUT2D eigenvalue weighted by Gasteiger charge is -2.18. The molecule has 0 N–H and O–H groups in total. The summed E-state index contributed by atoms with van der Waals surface area (Å²) in [4.78, 5) is 14.6. The molecule has 0 saturated heterocycles. The van der Waals surface area contributed by atoms with Crippen molar-refractivity contribution in [2.24, 2.45) is 0 Å². The minimum absolute atomic E-state index is 0.0344. The molecule has 2 heterocycles. The van der Waals surface area contributed by atoms with E-state index in [2.05, 4.69) is 42.2 Å². The summed E-state index contributed by atoms with van der Waals surface area (Å²) in [6.07, 6.45) is 1.61. The van der Waals surface area contributed by atoms with Crippen LogP contribution in [0.4, 0.5) is 0 Å². The zero-order valence-corrected chi connectivity index (χ0v) is 18.6. The summed E-state index contributed by atoms with van der Waals surface area (Å²) in [6.45, 7) is 4.73. The average molecular weight is 433 g/mol. The van der Waals surface area contributed by atoms with E-state index in [4.69, 9.17) is 4.42 Å². The first-order valence-corrected chi connectivity index (χ1v) is 11.0. The standard InChI is InChI=1S/C24H24N4O2S/c1-17-11-12-19(18(2)14-17)15-27(3)22(29)16-31-24-26-25-23(21-10-7-13-30-21)28(24)20-8-5-4-6-9-20/h4-14H,15-16H2,1-3H3. The second-order valence-electron chi connectivity index (χ2n) is 7.42. The molecule has 0 spiro atoms. The number of benzene rings is 2. The molecule has 0 aliphatic rings. The normalized spacial score (nSPS) is 10.9. The number of aromatic nitrogens is 3. The molecule has 0 radical (unpaired) electrons. The van der Waals surface area contributed by atoms with E-state index in [1.165, 1.54) is 22.9 Å². The van der Waals surface area contributed by atoms with E-state index in [0.29, 0.717) is 23.3 Å². The second-order valence-corrected chi connectivity index (χ2v) is 8.37. The molecule has 0 aliphatic carbocycles. The fraction of sp³-hybridized carbons (Fsp3) is 0.208. The van der Waals surface area contributed by atoms with Gasteiger partial charge in [0.1, 0.15) is 0 Å². The molecule has 31 heavy (non-hydrogen) atoms. The molecule has 158 valence electrons. The first-order valence-electron chi connectivity index (χ1n) is 10.0. The smallest absolute Gasteiger partial charge is 0.233 e. The summed E-state index contributed by atoms with van der Waals surface area (Å²) >= 11 is 1.37.